The Bertz CT molecular complexity index is 912. The highest BCUT2D eigenvalue weighted by Crippen LogP contribution is 2.25. The molecule has 0 saturated heterocycles. The second-order valence-corrected chi connectivity index (χ2v) is 7.14. The topological polar surface area (TPSA) is 85.1 Å². The lowest BCUT2D eigenvalue weighted by Crippen LogP contribution is -2.15. The first-order valence-corrected chi connectivity index (χ1v) is 9.16. The zero-order valence-electron chi connectivity index (χ0n) is 12.8. The standard InChI is InChI=1S/C16H12FN3O3S2/c17-11-6-5-10(20(22)23)7-13(11)18-15(21)8-24-9-16-19-12-3-1-2-4-14(12)25-16/h1-7H,8-9H2,(H,18,21). The minimum atomic E-state index is -0.713. The number of hydrogen-bond donors (Lipinski definition) is 1. The largest absolute Gasteiger partial charge is 0.323 e. The van der Waals surface area contributed by atoms with E-state index in [0.29, 0.717) is 5.75 Å². The summed E-state index contributed by atoms with van der Waals surface area (Å²) >= 11 is 2.91. The molecule has 1 heterocycles. The van der Waals surface area contributed by atoms with Gasteiger partial charge in [-0.2, -0.15) is 0 Å². The van der Waals surface area contributed by atoms with Gasteiger partial charge in [0.1, 0.15) is 10.8 Å². The van der Waals surface area contributed by atoms with E-state index < -0.39 is 16.6 Å². The fourth-order valence-electron chi connectivity index (χ4n) is 2.12. The molecule has 1 amide bonds. The van der Waals surface area contributed by atoms with E-state index in [9.17, 15) is 19.3 Å². The third kappa shape index (κ3) is 4.31. The average molecular weight is 377 g/mol. The van der Waals surface area contributed by atoms with Crippen LogP contribution in [0.3, 0.4) is 0 Å². The summed E-state index contributed by atoms with van der Waals surface area (Å²) in [6, 6.07) is 10.8. The summed E-state index contributed by atoms with van der Waals surface area (Å²) in [6.45, 7) is 0. The van der Waals surface area contributed by atoms with Gasteiger partial charge in [0.2, 0.25) is 5.91 Å². The number of benzene rings is 2. The number of non-ortho nitro benzene ring substituents is 1. The number of para-hydroxylation sites is 1. The van der Waals surface area contributed by atoms with Crippen LogP contribution in [-0.2, 0) is 10.5 Å². The maximum atomic E-state index is 13.6. The molecule has 0 aliphatic rings. The molecule has 1 N–H and O–H groups in total. The molecule has 128 valence electrons. The van der Waals surface area contributed by atoms with E-state index in [1.807, 2.05) is 24.3 Å². The van der Waals surface area contributed by atoms with Crippen molar-refractivity contribution in [1.82, 2.24) is 4.98 Å². The number of carbonyl (C=O) groups is 1. The number of nitro groups is 1. The molecule has 25 heavy (non-hydrogen) atoms. The molecule has 3 rings (SSSR count). The molecule has 0 spiro atoms. The van der Waals surface area contributed by atoms with Crippen LogP contribution < -0.4 is 5.32 Å². The van der Waals surface area contributed by atoms with E-state index in [-0.39, 0.29) is 17.1 Å². The van der Waals surface area contributed by atoms with E-state index in [4.69, 9.17) is 0 Å². The molecule has 0 saturated carbocycles. The molecule has 2 aromatic carbocycles. The van der Waals surface area contributed by atoms with Crippen LogP contribution in [0.4, 0.5) is 15.8 Å². The maximum absolute atomic E-state index is 13.6. The van der Waals surface area contributed by atoms with Gasteiger partial charge in [-0.3, -0.25) is 14.9 Å². The van der Waals surface area contributed by atoms with Gasteiger partial charge in [0.05, 0.1) is 26.6 Å². The Morgan fingerprint density at radius 3 is 2.88 bits per heavy atom. The molecular weight excluding hydrogens is 365 g/mol. The minimum absolute atomic E-state index is 0.0953. The van der Waals surface area contributed by atoms with Crippen molar-refractivity contribution in [3.63, 3.8) is 0 Å². The highest BCUT2D eigenvalue weighted by atomic mass is 32.2. The van der Waals surface area contributed by atoms with Crippen molar-refractivity contribution in [2.45, 2.75) is 5.75 Å². The van der Waals surface area contributed by atoms with E-state index in [1.54, 1.807) is 11.3 Å². The lowest BCUT2D eigenvalue weighted by Gasteiger charge is -2.05. The first kappa shape index (κ1) is 17.3. The van der Waals surface area contributed by atoms with Gasteiger partial charge >= 0.3 is 0 Å². The summed E-state index contributed by atoms with van der Waals surface area (Å²) in [7, 11) is 0. The third-order valence-corrected chi connectivity index (χ3v) is 5.39. The number of aromatic nitrogens is 1. The van der Waals surface area contributed by atoms with Crippen LogP contribution in [0.2, 0.25) is 0 Å². The van der Waals surface area contributed by atoms with E-state index in [1.165, 1.54) is 11.8 Å². The molecule has 0 aliphatic heterocycles. The molecule has 0 aliphatic carbocycles. The average Bonchev–Trinajstić information content (AvgIpc) is 2.99. The lowest BCUT2D eigenvalue weighted by molar-refractivity contribution is -0.384. The van der Waals surface area contributed by atoms with Crippen molar-refractivity contribution >= 4 is 50.6 Å². The SMILES string of the molecule is O=C(CSCc1nc2ccccc2s1)Nc1cc([N+](=O)[O-])ccc1F. The number of fused-ring (bicyclic) bond motifs is 1. The van der Waals surface area contributed by atoms with E-state index in [0.717, 1.165) is 33.4 Å². The fourth-order valence-corrected chi connectivity index (χ4v) is 3.97. The van der Waals surface area contributed by atoms with Crippen molar-refractivity contribution < 1.29 is 14.1 Å². The summed E-state index contributed by atoms with van der Waals surface area (Å²) in [5.74, 6) is -0.483. The maximum Gasteiger partial charge on any atom is 0.271 e. The quantitative estimate of drug-likeness (QED) is 0.514. The second kappa shape index (κ2) is 7.58. The molecule has 6 nitrogen and oxygen atoms in total. The number of amides is 1. The third-order valence-electron chi connectivity index (χ3n) is 3.23. The first-order valence-electron chi connectivity index (χ1n) is 7.19. The number of thioether (sulfide) groups is 1. The Hall–Kier alpha value is -2.52. The molecule has 0 atom stereocenters. The summed E-state index contributed by atoms with van der Waals surface area (Å²) in [5, 5.41) is 14.0. The first-order chi connectivity index (χ1) is 12.0. The number of rotatable bonds is 6. The molecule has 0 radical (unpaired) electrons. The van der Waals surface area contributed by atoms with Crippen LogP contribution in [0.5, 0.6) is 0 Å². The van der Waals surface area contributed by atoms with Gasteiger partial charge < -0.3 is 5.32 Å². The molecular formula is C16H12FN3O3S2. The van der Waals surface area contributed by atoms with Crippen molar-refractivity contribution in [1.29, 1.82) is 0 Å². The second-order valence-electron chi connectivity index (χ2n) is 5.04. The Kier molecular flexibility index (Phi) is 5.25. The van der Waals surface area contributed by atoms with Crippen molar-refractivity contribution in [2.24, 2.45) is 0 Å². The Morgan fingerprint density at radius 2 is 2.12 bits per heavy atom. The lowest BCUT2D eigenvalue weighted by atomic mass is 10.2. The summed E-state index contributed by atoms with van der Waals surface area (Å²) in [4.78, 5) is 26.5. The molecule has 1 aromatic heterocycles. The Morgan fingerprint density at radius 1 is 1.32 bits per heavy atom. The van der Waals surface area contributed by atoms with E-state index in [2.05, 4.69) is 10.3 Å². The molecule has 0 fully saturated rings. The summed E-state index contributed by atoms with van der Waals surface area (Å²) in [5.41, 5.74) is 0.449. The van der Waals surface area contributed by atoms with Gasteiger partial charge in [0, 0.05) is 17.9 Å². The summed E-state index contributed by atoms with van der Waals surface area (Å²) < 4.78 is 14.7. The fraction of sp³-hybridized carbons (Fsp3) is 0.125. The molecule has 3 aromatic rings. The zero-order valence-corrected chi connectivity index (χ0v) is 14.4. The van der Waals surface area contributed by atoms with Crippen LogP contribution in [0, 0.1) is 15.9 Å². The number of carbonyl (C=O) groups excluding carboxylic acids is 1. The van der Waals surface area contributed by atoms with Gasteiger partial charge in [-0.05, 0) is 18.2 Å². The van der Waals surface area contributed by atoms with Crippen molar-refractivity contribution in [2.75, 3.05) is 11.1 Å². The van der Waals surface area contributed by atoms with Gasteiger partial charge in [0.15, 0.2) is 0 Å². The Labute approximate surface area is 150 Å². The number of halogens is 1. The smallest absolute Gasteiger partial charge is 0.271 e. The van der Waals surface area contributed by atoms with Crippen LogP contribution in [0.1, 0.15) is 5.01 Å². The monoisotopic (exact) mass is 377 g/mol. The summed E-state index contributed by atoms with van der Waals surface area (Å²) in [6.07, 6.45) is 0. The zero-order chi connectivity index (χ0) is 17.8. The van der Waals surface area contributed by atoms with E-state index >= 15 is 0 Å². The van der Waals surface area contributed by atoms with Gasteiger partial charge in [0.25, 0.3) is 5.69 Å². The molecule has 9 heteroatoms. The van der Waals surface area contributed by atoms with Gasteiger partial charge in [-0.15, -0.1) is 23.1 Å². The predicted molar refractivity (Wildman–Crippen MR) is 97.5 cm³/mol. The predicted octanol–water partition coefficient (Wildman–Crippen LogP) is 4.22. The van der Waals surface area contributed by atoms with Gasteiger partial charge in [-0.1, -0.05) is 12.1 Å². The van der Waals surface area contributed by atoms with Crippen LogP contribution in [0.15, 0.2) is 42.5 Å². The van der Waals surface area contributed by atoms with Gasteiger partial charge in [-0.25, -0.2) is 9.37 Å². The molecule has 0 unspecified atom stereocenters. The van der Waals surface area contributed by atoms with Crippen LogP contribution in [0.25, 0.3) is 10.2 Å². The number of anilines is 1. The molecule has 0 bridgehead atoms. The normalized spacial score (nSPS) is 10.8. The Balaban J connectivity index is 1.56. The highest BCUT2D eigenvalue weighted by Gasteiger charge is 2.13. The number of nitro benzene ring substituents is 1. The minimum Gasteiger partial charge on any atom is -0.323 e. The number of thiazole rings is 1. The number of nitrogens with zero attached hydrogens (tertiary/aromatic N) is 2. The highest BCUT2D eigenvalue weighted by molar-refractivity contribution is 7.99. The number of hydrogen-bond acceptors (Lipinski definition) is 6. The van der Waals surface area contributed by atoms with Crippen molar-refractivity contribution in [3.05, 3.63) is 63.4 Å². The van der Waals surface area contributed by atoms with Crippen LogP contribution >= 0.6 is 23.1 Å². The van der Waals surface area contributed by atoms with Crippen LogP contribution in [-0.4, -0.2) is 21.6 Å². The van der Waals surface area contributed by atoms with Crippen molar-refractivity contribution in [3.8, 4) is 0 Å². The number of nitrogens with one attached hydrogen (secondary N) is 1.